The molecule has 1 aliphatic rings. The molecule has 1 fully saturated rings. The molecule has 1 aliphatic heterocycles. The molecule has 1 aromatic rings. The van der Waals surface area contributed by atoms with Gasteiger partial charge in [-0.05, 0) is 57.3 Å². The van der Waals surface area contributed by atoms with Gasteiger partial charge in [-0.1, -0.05) is 18.2 Å². The molecular formula is C16H26N2O. The molecule has 2 rings (SSSR count). The van der Waals surface area contributed by atoms with Crippen LogP contribution in [0.4, 0.5) is 0 Å². The molecule has 3 nitrogen and oxygen atoms in total. The second kappa shape index (κ2) is 6.92. The first-order valence-corrected chi connectivity index (χ1v) is 7.33. The largest absolute Gasteiger partial charge is 0.492 e. The summed E-state index contributed by atoms with van der Waals surface area (Å²) in [5.41, 5.74) is 7.17. The van der Waals surface area contributed by atoms with E-state index in [1.165, 1.54) is 18.4 Å². The summed E-state index contributed by atoms with van der Waals surface area (Å²) in [7, 11) is 0. The number of nitrogens with two attached hydrogens (primary N) is 1. The lowest BCUT2D eigenvalue weighted by molar-refractivity contribution is 0.146. The number of nitrogens with zero attached hydrogens (tertiary/aromatic N) is 1. The zero-order valence-corrected chi connectivity index (χ0v) is 12.1. The van der Waals surface area contributed by atoms with E-state index < -0.39 is 0 Å². The number of piperidine rings is 1. The van der Waals surface area contributed by atoms with Crippen molar-refractivity contribution in [1.82, 2.24) is 4.90 Å². The number of hydrogen-bond acceptors (Lipinski definition) is 3. The Labute approximate surface area is 116 Å². The van der Waals surface area contributed by atoms with Crippen molar-refractivity contribution >= 4 is 0 Å². The number of likely N-dealkylation sites (tertiary alicyclic amines) is 1. The smallest absolute Gasteiger partial charge is 0.122 e. The topological polar surface area (TPSA) is 38.5 Å². The highest BCUT2D eigenvalue weighted by atomic mass is 16.5. The molecule has 1 unspecified atom stereocenters. The Morgan fingerprint density at radius 3 is 2.63 bits per heavy atom. The zero-order chi connectivity index (χ0) is 13.7. The van der Waals surface area contributed by atoms with Crippen molar-refractivity contribution in [3.63, 3.8) is 0 Å². The monoisotopic (exact) mass is 262 g/mol. The van der Waals surface area contributed by atoms with Crippen LogP contribution in [0.1, 0.15) is 25.3 Å². The Hall–Kier alpha value is -1.06. The van der Waals surface area contributed by atoms with Crippen LogP contribution in [-0.2, 0) is 0 Å². The van der Waals surface area contributed by atoms with E-state index in [-0.39, 0.29) is 0 Å². The Kier molecular flexibility index (Phi) is 5.23. The zero-order valence-electron chi connectivity index (χ0n) is 12.1. The highest BCUT2D eigenvalue weighted by molar-refractivity contribution is 5.31. The van der Waals surface area contributed by atoms with Crippen LogP contribution in [0.25, 0.3) is 0 Å². The Balaban J connectivity index is 1.69. The molecule has 1 aromatic carbocycles. The second-order valence-electron chi connectivity index (χ2n) is 5.65. The molecule has 19 heavy (non-hydrogen) atoms. The van der Waals surface area contributed by atoms with Gasteiger partial charge in [0.15, 0.2) is 0 Å². The average molecular weight is 262 g/mol. The van der Waals surface area contributed by atoms with Crippen LogP contribution in [0.5, 0.6) is 5.75 Å². The molecule has 1 atom stereocenters. The van der Waals surface area contributed by atoms with Gasteiger partial charge in [0.1, 0.15) is 12.4 Å². The summed E-state index contributed by atoms with van der Waals surface area (Å²) in [4.78, 5) is 2.48. The van der Waals surface area contributed by atoms with E-state index in [1.807, 2.05) is 18.2 Å². The van der Waals surface area contributed by atoms with Gasteiger partial charge in [0.2, 0.25) is 0 Å². The van der Waals surface area contributed by atoms with Gasteiger partial charge in [0.25, 0.3) is 0 Å². The fourth-order valence-corrected chi connectivity index (χ4v) is 2.71. The molecule has 0 aliphatic carbocycles. The van der Waals surface area contributed by atoms with Gasteiger partial charge in [-0.2, -0.15) is 0 Å². The Morgan fingerprint density at radius 1 is 1.32 bits per heavy atom. The fraction of sp³-hybridized carbons (Fsp3) is 0.625. The molecule has 0 saturated carbocycles. The van der Waals surface area contributed by atoms with Crippen molar-refractivity contribution < 1.29 is 4.74 Å². The number of hydrogen-bond donors (Lipinski definition) is 1. The predicted molar refractivity (Wildman–Crippen MR) is 79.5 cm³/mol. The second-order valence-corrected chi connectivity index (χ2v) is 5.65. The third-order valence-corrected chi connectivity index (χ3v) is 4.13. The standard InChI is InChI=1S/C16H26N2O/c1-13-5-3-4-6-16(13)19-12-11-18-9-7-15(8-10-18)14(2)17/h3-6,14-15H,7-12,17H2,1-2H3. The maximum absolute atomic E-state index is 5.96. The predicted octanol–water partition coefficient (Wildman–Crippen LogP) is 2.43. The SMILES string of the molecule is Cc1ccccc1OCCN1CCC(C(C)N)CC1. The van der Waals surface area contributed by atoms with E-state index in [9.17, 15) is 0 Å². The van der Waals surface area contributed by atoms with Gasteiger partial charge in [-0.3, -0.25) is 4.90 Å². The van der Waals surface area contributed by atoms with Crippen molar-refractivity contribution in [3.8, 4) is 5.75 Å². The minimum atomic E-state index is 0.338. The maximum atomic E-state index is 5.96. The van der Waals surface area contributed by atoms with Crippen molar-refractivity contribution in [1.29, 1.82) is 0 Å². The Bertz CT molecular complexity index is 384. The van der Waals surface area contributed by atoms with Crippen LogP contribution in [0, 0.1) is 12.8 Å². The summed E-state index contributed by atoms with van der Waals surface area (Å²) in [6.45, 7) is 8.31. The van der Waals surface area contributed by atoms with Crippen LogP contribution in [-0.4, -0.2) is 37.2 Å². The van der Waals surface area contributed by atoms with Gasteiger partial charge in [0, 0.05) is 12.6 Å². The average Bonchev–Trinajstić information content (AvgIpc) is 2.41. The van der Waals surface area contributed by atoms with Crippen molar-refractivity contribution in [2.24, 2.45) is 11.7 Å². The van der Waals surface area contributed by atoms with Crippen LogP contribution in [0.3, 0.4) is 0 Å². The van der Waals surface area contributed by atoms with E-state index in [1.54, 1.807) is 0 Å². The summed E-state index contributed by atoms with van der Waals surface area (Å²) < 4.78 is 5.85. The third kappa shape index (κ3) is 4.22. The van der Waals surface area contributed by atoms with Crippen LogP contribution < -0.4 is 10.5 Å². The summed E-state index contributed by atoms with van der Waals surface area (Å²) >= 11 is 0. The lowest BCUT2D eigenvalue weighted by Gasteiger charge is -2.33. The van der Waals surface area contributed by atoms with Gasteiger partial charge in [-0.25, -0.2) is 0 Å². The van der Waals surface area contributed by atoms with Gasteiger partial charge >= 0.3 is 0 Å². The summed E-state index contributed by atoms with van der Waals surface area (Å²) in [6.07, 6.45) is 2.45. The van der Waals surface area contributed by atoms with E-state index >= 15 is 0 Å². The number of aryl methyl sites for hydroxylation is 1. The molecule has 0 spiro atoms. The molecule has 2 N–H and O–H groups in total. The van der Waals surface area contributed by atoms with Crippen molar-refractivity contribution in [3.05, 3.63) is 29.8 Å². The number of rotatable bonds is 5. The third-order valence-electron chi connectivity index (χ3n) is 4.13. The van der Waals surface area contributed by atoms with Gasteiger partial charge in [0.05, 0.1) is 0 Å². The fourth-order valence-electron chi connectivity index (χ4n) is 2.71. The molecule has 1 saturated heterocycles. The van der Waals surface area contributed by atoms with Crippen molar-refractivity contribution in [2.45, 2.75) is 32.7 Å². The molecule has 1 heterocycles. The number of benzene rings is 1. The van der Waals surface area contributed by atoms with E-state index in [2.05, 4.69) is 24.8 Å². The van der Waals surface area contributed by atoms with E-state index in [0.29, 0.717) is 12.0 Å². The molecule has 0 aromatic heterocycles. The molecule has 3 heteroatoms. The molecule has 0 bridgehead atoms. The minimum Gasteiger partial charge on any atom is -0.492 e. The first-order valence-electron chi connectivity index (χ1n) is 7.33. The van der Waals surface area contributed by atoms with Gasteiger partial charge < -0.3 is 10.5 Å². The first kappa shape index (κ1) is 14.4. The van der Waals surface area contributed by atoms with E-state index in [4.69, 9.17) is 10.5 Å². The summed E-state index contributed by atoms with van der Waals surface area (Å²) in [5, 5.41) is 0. The highest BCUT2D eigenvalue weighted by Crippen LogP contribution is 2.20. The quantitative estimate of drug-likeness (QED) is 0.885. The summed E-state index contributed by atoms with van der Waals surface area (Å²) in [5.74, 6) is 1.71. The lowest BCUT2D eigenvalue weighted by atomic mass is 9.91. The normalized spacial score (nSPS) is 19.3. The Morgan fingerprint density at radius 2 is 2.00 bits per heavy atom. The van der Waals surface area contributed by atoms with Crippen LogP contribution in [0.2, 0.25) is 0 Å². The molecule has 106 valence electrons. The number of para-hydroxylation sites is 1. The first-order chi connectivity index (χ1) is 9.16. The molecule has 0 radical (unpaired) electrons. The minimum absolute atomic E-state index is 0.338. The lowest BCUT2D eigenvalue weighted by Crippen LogP contribution is -2.41. The van der Waals surface area contributed by atoms with Gasteiger partial charge in [-0.15, -0.1) is 0 Å². The molecule has 0 amide bonds. The maximum Gasteiger partial charge on any atom is 0.122 e. The highest BCUT2D eigenvalue weighted by Gasteiger charge is 2.21. The molecular weight excluding hydrogens is 236 g/mol. The summed E-state index contributed by atoms with van der Waals surface area (Å²) in [6, 6.07) is 8.53. The van der Waals surface area contributed by atoms with E-state index in [0.717, 1.165) is 32.0 Å². The number of ether oxygens (including phenoxy) is 1. The van der Waals surface area contributed by atoms with Crippen molar-refractivity contribution in [2.75, 3.05) is 26.2 Å². The van der Waals surface area contributed by atoms with Crippen LogP contribution in [0.15, 0.2) is 24.3 Å². The van der Waals surface area contributed by atoms with Crippen LogP contribution >= 0.6 is 0 Å².